The van der Waals surface area contributed by atoms with Gasteiger partial charge in [-0.2, -0.15) is 0 Å². The van der Waals surface area contributed by atoms with Crippen molar-refractivity contribution in [3.8, 4) is 5.75 Å². The average molecular weight is 223 g/mol. The van der Waals surface area contributed by atoms with Crippen LogP contribution >= 0.6 is 0 Å². The van der Waals surface area contributed by atoms with Gasteiger partial charge in [0.15, 0.2) is 0 Å². The maximum absolute atomic E-state index is 11.1. The van der Waals surface area contributed by atoms with Gasteiger partial charge in [-0.05, 0) is 23.8 Å². The van der Waals surface area contributed by atoms with E-state index in [1.54, 1.807) is 6.07 Å². The van der Waals surface area contributed by atoms with Gasteiger partial charge in [0, 0.05) is 23.5 Å². The highest BCUT2D eigenvalue weighted by Gasteiger charge is 2.14. The number of aromatic hydroxyl groups is 1. The summed E-state index contributed by atoms with van der Waals surface area (Å²) in [7, 11) is 0. The molecule has 1 atom stereocenters. The largest absolute Gasteiger partial charge is 0.508 e. The number of phenolic OH excluding ortho intramolecular Hbond substituents is 1. The minimum atomic E-state index is -2.40. The topological polar surface area (TPSA) is 99.3 Å². The SMILES string of the molecule is [2H]N([2H])[C@@]([2H])(Cc1c[nH]c2ccc(O)cc12)C(=O)O. The Hall–Kier alpha value is -2.01. The van der Waals surface area contributed by atoms with Crippen LogP contribution in [0.1, 0.15) is 6.93 Å². The Kier molecular flexibility index (Phi) is 1.76. The van der Waals surface area contributed by atoms with E-state index in [4.69, 9.17) is 9.30 Å². The van der Waals surface area contributed by atoms with E-state index in [-0.39, 0.29) is 17.9 Å². The van der Waals surface area contributed by atoms with Gasteiger partial charge in [0.2, 0.25) is 0 Å². The maximum Gasteiger partial charge on any atom is 0.320 e. The summed E-state index contributed by atoms with van der Waals surface area (Å²) in [5.74, 6) is -1.56. The summed E-state index contributed by atoms with van der Waals surface area (Å²) in [5, 5.41) is 19.0. The van der Waals surface area contributed by atoms with Crippen LogP contribution in [0, 0.1) is 0 Å². The molecule has 84 valence electrons. The first-order valence-electron chi connectivity index (χ1n) is 6.04. The monoisotopic (exact) mass is 223 g/mol. The third-order valence-corrected chi connectivity index (χ3v) is 2.36. The smallest absolute Gasteiger partial charge is 0.320 e. The second-order valence-electron chi connectivity index (χ2n) is 3.47. The fourth-order valence-electron chi connectivity index (χ4n) is 1.57. The van der Waals surface area contributed by atoms with Crippen LogP contribution < -0.4 is 5.72 Å². The molecule has 0 aliphatic carbocycles. The van der Waals surface area contributed by atoms with Crippen molar-refractivity contribution in [1.29, 1.82) is 0 Å². The summed E-state index contributed by atoms with van der Waals surface area (Å²) in [6.45, 7) is 0. The number of benzene rings is 1. The molecule has 0 amide bonds. The molecule has 2 aromatic rings. The summed E-state index contributed by atoms with van der Waals surface area (Å²) in [6.07, 6.45) is 1.17. The van der Waals surface area contributed by atoms with E-state index in [1.165, 1.54) is 18.3 Å². The Morgan fingerprint density at radius 3 is 3.19 bits per heavy atom. The number of aromatic nitrogens is 1. The first kappa shape index (κ1) is 7.29. The van der Waals surface area contributed by atoms with Crippen molar-refractivity contribution >= 4 is 16.9 Å². The van der Waals surface area contributed by atoms with E-state index in [0.29, 0.717) is 16.5 Å². The van der Waals surface area contributed by atoms with Gasteiger partial charge in [-0.1, -0.05) is 0 Å². The second-order valence-corrected chi connectivity index (χ2v) is 3.47. The predicted octanol–water partition coefficient (Wildman–Crippen LogP) is 0.828. The van der Waals surface area contributed by atoms with Gasteiger partial charge in [0.25, 0.3) is 0 Å². The molecule has 0 radical (unpaired) electrons. The number of nitrogens with two attached hydrogens (primary N) is 1. The minimum Gasteiger partial charge on any atom is -0.508 e. The molecule has 5 nitrogen and oxygen atoms in total. The van der Waals surface area contributed by atoms with Gasteiger partial charge in [0.1, 0.15) is 14.6 Å². The van der Waals surface area contributed by atoms with Crippen LogP contribution in [0.5, 0.6) is 5.75 Å². The number of nitrogens with one attached hydrogen (secondary N) is 1. The van der Waals surface area contributed by atoms with Gasteiger partial charge >= 0.3 is 5.97 Å². The number of H-pyrrole nitrogens is 1. The first-order chi connectivity index (χ1) is 8.84. The number of hydrogen-bond donors (Lipinski definition) is 4. The van der Waals surface area contributed by atoms with E-state index in [9.17, 15) is 9.90 Å². The molecule has 0 unspecified atom stereocenters. The van der Waals surface area contributed by atoms with Gasteiger partial charge < -0.3 is 20.9 Å². The Labute approximate surface area is 95.8 Å². The molecular formula is C11H12N2O3. The number of carboxylic acids is 1. The standard InChI is InChI=1S/C11H12N2O3/c12-9(11(15)16)3-6-5-13-10-2-1-7(14)4-8(6)10/h1-2,4-5,9,13-14H,3,12H2,(H,15,16)/t9-/m0/s1/i9D/hD2. The van der Waals surface area contributed by atoms with Crippen molar-refractivity contribution in [2.75, 3.05) is 0 Å². The molecule has 0 fully saturated rings. The first-order valence-corrected chi connectivity index (χ1v) is 4.65. The third kappa shape index (κ3) is 1.85. The van der Waals surface area contributed by atoms with Crippen molar-refractivity contribution in [2.24, 2.45) is 5.72 Å². The number of carboxylic acid groups (broad SMARTS) is 1. The Morgan fingerprint density at radius 1 is 1.69 bits per heavy atom. The van der Waals surface area contributed by atoms with Crippen molar-refractivity contribution in [3.63, 3.8) is 0 Å². The predicted molar refractivity (Wildman–Crippen MR) is 59.3 cm³/mol. The van der Waals surface area contributed by atoms with Gasteiger partial charge in [-0.25, -0.2) is 0 Å². The highest BCUT2D eigenvalue weighted by atomic mass is 16.4. The highest BCUT2D eigenvalue weighted by molar-refractivity contribution is 5.85. The molecule has 0 saturated heterocycles. The Balaban J connectivity index is 2.45. The molecule has 16 heavy (non-hydrogen) atoms. The van der Waals surface area contributed by atoms with Crippen molar-refractivity contribution < 1.29 is 19.2 Å². The van der Waals surface area contributed by atoms with E-state index in [1.807, 2.05) is 0 Å². The van der Waals surface area contributed by atoms with Crippen molar-refractivity contribution in [3.05, 3.63) is 30.0 Å². The number of aromatic amines is 1. The van der Waals surface area contributed by atoms with Crippen molar-refractivity contribution in [2.45, 2.75) is 12.4 Å². The maximum atomic E-state index is 11.1. The van der Waals surface area contributed by atoms with E-state index >= 15 is 0 Å². The van der Waals surface area contributed by atoms with Gasteiger partial charge in [-0.15, -0.1) is 0 Å². The number of fused-ring (bicyclic) bond motifs is 1. The molecule has 1 aromatic carbocycles. The number of rotatable bonds is 4. The fourth-order valence-corrected chi connectivity index (χ4v) is 1.57. The molecule has 0 saturated carbocycles. The molecule has 0 spiro atoms. The van der Waals surface area contributed by atoms with E-state index in [0.717, 1.165) is 0 Å². The van der Waals surface area contributed by atoms with Crippen LogP contribution in [0.4, 0.5) is 0 Å². The average Bonchev–Trinajstić information content (AvgIpc) is 2.71. The zero-order valence-electron chi connectivity index (χ0n) is 11.3. The molecule has 5 N–H and O–H groups in total. The van der Waals surface area contributed by atoms with Gasteiger partial charge in [0.05, 0.1) is 1.37 Å². The molecular weight excluding hydrogens is 208 g/mol. The molecule has 5 heteroatoms. The normalized spacial score (nSPS) is 17.7. The lowest BCUT2D eigenvalue weighted by Crippen LogP contribution is -2.32. The number of aliphatic carboxylic acids is 1. The zero-order valence-corrected chi connectivity index (χ0v) is 8.27. The van der Waals surface area contributed by atoms with Crippen molar-refractivity contribution in [1.82, 2.24) is 4.98 Å². The zero-order chi connectivity index (χ0) is 14.2. The molecule has 0 bridgehead atoms. The number of carbonyl (C=O) groups is 1. The van der Waals surface area contributed by atoms with Crippen LogP contribution in [0.3, 0.4) is 0 Å². The highest BCUT2D eigenvalue weighted by Crippen LogP contribution is 2.23. The van der Waals surface area contributed by atoms with E-state index in [2.05, 4.69) is 4.98 Å². The second kappa shape index (κ2) is 3.86. The molecule has 0 aliphatic rings. The summed E-state index contributed by atoms with van der Waals surface area (Å²) < 4.78 is 21.9. The lowest BCUT2D eigenvalue weighted by molar-refractivity contribution is -0.138. The summed E-state index contributed by atoms with van der Waals surface area (Å²) in [6, 6.07) is 2.15. The molecule has 2 rings (SSSR count). The van der Waals surface area contributed by atoms with Crippen LogP contribution in [0.2, 0.25) is 2.82 Å². The van der Waals surface area contributed by atoms with Crippen LogP contribution in [-0.2, 0) is 11.2 Å². The summed E-state index contributed by atoms with van der Waals surface area (Å²) in [4.78, 5) is 14.0. The quantitative estimate of drug-likeness (QED) is 0.616. The molecule has 1 heterocycles. The van der Waals surface area contributed by atoms with Crippen LogP contribution in [0.25, 0.3) is 10.9 Å². The minimum absolute atomic E-state index is 0.0212. The fraction of sp³-hybridized carbons (Fsp3) is 0.182. The number of phenols is 1. The Morgan fingerprint density at radius 2 is 2.50 bits per heavy atom. The van der Waals surface area contributed by atoms with E-state index < -0.39 is 12.0 Å². The lowest BCUT2D eigenvalue weighted by Gasteiger charge is -2.04. The number of hydrogen-bond acceptors (Lipinski definition) is 3. The molecule has 0 aliphatic heterocycles. The van der Waals surface area contributed by atoms with Crippen LogP contribution in [0.15, 0.2) is 24.4 Å². The summed E-state index contributed by atoms with van der Waals surface area (Å²) in [5.41, 5.74) is 0.992. The lowest BCUT2D eigenvalue weighted by atomic mass is 10.1. The Bertz CT molecular complexity index is 629. The third-order valence-electron chi connectivity index (χ3n) is 2.36. The van der Waals surface area contributed by atoms with Gasteiger partial charge in [-0.3, -0.25) is 4.79 Å². The molecule has 1 aromatic heterocycles. The summed E-state index contributed by atoms with van der Waals surface area (Å²) >= 11 is 0. The van der Waals surface area contributed by atoms with Crippen LogP contribution in [-0.4, -0.2) is 27.2 Å².